The van der Waals surface area contributed by atoms with Gasteiger partial charge in [0.1, 0.15) is 11.2 Å². The predicted octanol–water partition coefficient (Wildman–Crippen LogP) is 11.8. The van der Waals surface area contributed by atoms with Crippen LogP contribution in [0, 0.1) is 0 Å². The zero-order chi connectivity index (χ0) is 30.1. The Morgan fingerprint density at radius 2 is 1.31 bits per heavy atom. The van der Waals surface area contributed by atoms with Crippen molar-refractivity contribution in [2.75, 3.05) is 4.90 Å². The summed E-state index contributed by atoms with van der Waals surface area (Å²) in [4.78, 5) is 2.46. The van der Waals surface area contributed by atoms with E-state index in [0.29, 0.717) is 5.92 Å². The van der Waals surface area contributed by atoms with E-state index >= 15 is 0 Å². The number of allylic oxidation sites excluding steroid dienone is 3. The molecule has 0 spiro atoms. The van der Waals surface area contributed by atoms with Gasteiger partial charge in [-0.3, -0.25) is 0 Å². The van der Waals surface area contributed by atoms with Gasteiger partial charge in [-0.25, -0.2) is 0 Å². The first-order chi connectivity index (χ1) is 22.1. The van der Waals surface area contributed by atoms with E-state index in [-0.39, 0.29) is 5.41 Å². The Bertz CT molecular complexity index is 2320. The number of anilines is 2. The Balaban J connectivity index is 1.30. The summed E-state index contributed by atoms with van der Waals surface area (Å²) in [5.74, 6) is 0.422. The van der Waals surface area contributed by atoms with Crippen molar-refractivity contribution >= 4 is 44.1 Å². The number of hydrogen-bond donors (Lipinski definition) is 0. The van der Waals surface area contributed by atoms with Gasteiger partial charge in [0.2, 0.25) is 0 Å². The molecule has 0 saturated heterocycles. The Kier molecular flexibility index (Phi) is 5.70. The third-order valence-electron chi connectivity index (χ3n) is 10.1. The first kappa shape index (κ1) is 26.1. The molecule has 2 heteroatoms. The molecule has 0 bridgehead atoms. The lowest BCUT2D eigenvalue weighted by atomic mass is 9.78. The van der Waals surface area contributed by atoms with Crippen LogP contribution in [0.4, 0.5) is 11.4 Å². The first-order valence-corrected chi connectivity index (χ1v) is 15.9. The fourth-order valence-electron chi connectivity index (χ4n) is 7.91. The molecule has 1 atom stereocenters. The molecule has 0 N–H and O–H groups in total. The summed E-state index contributed by atoms with van der Waals surface area (Å²) in [5.41, 5.74) is 12.1. The summed E-state index contributed by atoms with van der Waals surface area (Å²) in [7, 11) is 0. The average molecular weight is 580 g/mol. The van der Waals surface area contributed by atoms with Crippen LogP contribution in [0.3, 0.4) is 0 Å². The van der Waals surface area contributed by atoms with E-state index in [1.54, 1.807) is 0 Å². The molecular weight excluding hydrogens is 546 g/mol. The SMILES string of the molecule is CC1(C)C2=CC(N(c3ccccc3)c3cc4c5cccc(-c6ccccc6)c5oc4c4ccccc34)=CCC2c2ccccc21. The maximum Gasteiger partial charge on any atom is 0.143 e. The van der Waals surface area contributed by atoms with Gasteiger partial charge in [-0.1, -0.05) is 141 Å². The minimum atomic E-state index is -0.0241. The van der Waals surface area contributed by atoms with Crippen molar-refractivity contribution in [3.63, 3.8) is 0 Å². The minimum absolute atomic E-state index is 0.0241. The van der Waals surface area contributed by atoms with Gasteiger partial charge >= 0.3 is 0 Å². The monoisotopic (exact) mass is 579 g/mol. The fraction of sp³-hybridized carbons (Fsp3) is 0.116. The lowest BCUT2D eigenvalue weighted by Crippen LogP contribution is -2.22. The second kappa shape index (κ2) is 9.84. The summed E-state index contributed by atoms with van der Waals surface area (Å²) in [5, 5.41) is 4.56. The summed E-state index contributed by atoms with van der Waals surface area (Å²) in [6, 6.07) is 47.9. The molecule has 45 heavy (non-hydrogen) atoms. The van der Waals surface area contributed by atoms with Gasteiger partial charge in [-0.05, 0) is 47.4 Å². The highest BCUT2D eigenvalue weighted by molar-refractivity contribution is 6.21. The highest BCUT2D eigenvalue weighted by Gasteiger charge is 2.42. The molecule has 9 rings (SSSR count). The lowest BCUT2D eigenvalue weighted by molar-refractivity contribution is 0.609. The van der Waals surface area contributed by atoms with Crippen molar-refractivity contribution in [2.45, 2.75) is 31.6 Å². The second-order valence-corrected chi connectivity index (χ2v) is 12.9. The van der Waals surface area contributed by atoms with Gasteiger partial charge in [0.25, 0.3) is 0 Å². The molecule has 0 radical (unpaired) electrons. The Morgan fingerprint density at radius 1 is 0.644 bits per heavy atom. The lowest BCUT2D eigenvalue weighted by Gasteiger charge is -2.33. The minimum Gasteiger partial charge on any atom is -0.455 e. The van der Waals surface area contributed by atoms with Gasteiger partial charge in [0, 0.05) is 49.8 Å². The number of nitrogens with zero attached hydrogens (tertiary/aromatic N) is 1. The van der Waals surface area contributed by atoms with Crippen LogP contribution in [0.2, 0.25) is 0 Å². The Hall–Kier alpha value is -5.34. The van der Waals surface area contributed by atoms with Gasteiger partial charge < -0.3 is 9.32 Å². The molecule has 0 saturated carbocycles. The van der Waals surface area contributed by atoms with Crippen molar-refractivity contribution in [3.8, 4) is 11.1 Å². The van der Waals surface area contributed by atoms with Crippen LogP contribution in [0.15, 0.2) is 161 Å². The topological polar surface area (TPSA) is 16.4 Å². The van der Waals surface area contributed by atoms with Crippen LogP contribution in [0.1, 0.15) is 37.3 Å². The molecule has 2 aliphatic rings. The Morgan fingerprint density at radius 3 is 2.13 bits per heavy atom. The van der Waals surface area contributed by atoms with E-state index in [4.69, 9.17) is 4.42 Å². The normalized spacial score (nSPS) is 16.8. The molecule has 2 aliphatic carbocycles. The fourth-order valence-corrected chi connectivity index (χ4v) is 7.91. The van der Waals surface area contributed by atoms with Crippen LogP contribution in [0.5, 0.6) is 0 Å². The predicted molar refractivity (Wildman–Crippen MR) is 188 cm³/mol. The smallest absolute Gasteiger partial charge is 0.143 e. The molecule has 0 amide bonds. The van der Waals surface area contributed by atoms with E-state index in [1.165, 1.54) is 27.8 Å². The van der Waals surface area contributed by atoms with Gasteiger partial charge in [-0.2, -0.15) is 0 Å². The van der Waals surface area contributed by atoms with Crippen molar-refractivity contribution in [3.05, 3.63) is 168 Å². The molecule has 1 heterocycles. The molecule has 6 aromatic carbocycles. The third-order valence-corrected chi connectivity index (χ3v) is 10.1. The van der Waals surface area contributed by atoms with E-state index < -0.39 is 0 Å². The zero-order valence-corrected chi connectivity index (χ0v) is 25.5. The highest BCUT2D eigenvalue weighted by atomic mass is 16.3. The molecule has 216 valence electrons. The number of para-hydroxylation sites is 2. The van der Waals surface area contributed by atoms with Gasteiger partial charge in [-0.15, -0.1) is 0 Å². The molecule has 1 unspecified atom stereocenters. The molecule has 1 aromatic heterocycles. The van der Waals surface area contributed by atoms with E-state index in [1.807, 2.05) is 0 Å². The molecule has 2 nitrogen and oxygen atoms in total. The van der Waals surface area contributed by atoms with Crippen molar-refractivity contribution in [2.24, 2.45) is 0 Å². The molecular formula is C43H33NO. The number of rotatable bonds is 4. The summed E-state index contributed by atoms with van der Waals surface area (Å²) in [6.07, 6.45) is 5.90. The highest BCUT2D eigenvalue weighted by Crippen LogP contribution is 2.54. The van der Waals surface area contributed by atoms with Crippen LogP contribution in [-0.2, 0) is 5.41 Å². The number of fused-ring (bicyclic) bond motifs is 8. The molecule has 0 aliphatic heterocycles. The van der Waals surface area contributed by atoms with Gasteiger partial charge in [0.05, 0.1) is 5.69 Å². The van der Waals surface area contributed by atoms with Crippen LogP contribution >= 0.6 is 0 Å². The van der Waals surface area contributed by atoms with Crippen molar-refractivity contribution in [1.29, 1.82) is 0 Å². The quantitative estimate of drug-likeness (QED) is 0.206. The van der Waals surface area contributed by atoms with E-state index in [0.717, 1.165) is 56.2 Å². The first-order valence-electron chi connectivity index (χ1n) is 15.9. The number of furan rings is 1. The van der Waals surface area contributed by atoms with E-state index in [9.17, 15) is 0 Å². The largest absolute Gasteiger partial charge is 0.455 e. The van der Waals surface area contributed by atoms with Gasteiger partial charge in [0.15, 0.2) is 0 Å². The maximum atomic E-state index is 6.81. The molecule has 7 aromatic rings. The van der Waals surface area contributed by atoms with E-state index in [2.05, 4.69) is 164 Å². The second-order valence-electron chi connectivity index (χ2n) is 12.9. The summed E-state index contributed by atoms with van der Waals surface area (Å²) < 4.78 is 6.81. The summed E-state index contributed by atoms with van der Waals surface area (Å²) >= 11 is 0. The number of hydrogen-bond acceptors (Lipinski definition) is 2. The molecule has 0 fully saturated rings. The third kappa shape index (κ3) is 3.88. The zero-order valence-electron chi connectivity index (χ0n) is 25.5. The van der Waals surface area contributed by atoms with Crippen LogP contribution < -0.4 is 4.90 Å². The van der Waals surface area contributed by atoms with Crippen LogP contribution in [-0.4, -0.2) is 0 Å². The van der Waals surface area contributed by atoms with Crippen molar-refractivity contribution < 1.29 is 4.42 Å². The summed E-state index contributed by atoms with van der Waals surface area (Å²) in [6.45, 7) is 4.77. The van der Waals surface area contributed by atoms with Crippen molar-refractivity contribution in [1.82, 2.24) is 0 Å². The maximum absolute atomic E-state index is 6.81. The average Bonchev–Trinajstić information content (AvgIpc) is 3.58. The van der Waals surface area contributed by atoms with Crippen LogP contribution in [0.25, 0.3) is 43.8 Å². The number of benzene rings is 6. The Labute approximate surface area is 263 Å². The standard InChI is InChI=1S/C43H33NO/c1-43(2)38-23-12-11-18-32(38)33-25-24-30(26-39(33)43)44(29-16-7-4-8-17-29)40-27-37-36-22-13-21-31(28-14-5-3-6-15-28)41(36)45-42(37)35-20-10-9-19-34(35)40/h3-24,26-27,33H,25H2,1-2H3.